The van der Waals surface area contributed by atoms with Gasteiger partial charge in [-0.25, -0.2) is 0 Å². The molecule has 0 bridgehead atoms. The second-order valence-electron chi connectivity index (χ2n) is 6.67. The number of rotatable bonds is 3. The number of aliphatic hydroxyl groups is 1. The molecular weight excluding hydrogens is 370 g/mol. The molecule has 9 heteroatoms. The molecule has 8 nitrogen and oxygen atoms in total. The third kappa shape index (κ3) is 3.03. The smallest absolute Gasteiger partial charge is 0.301 e. The maximum Gasteiger partial charge on any atom is 0.301 e. The Labute approximate surface area is 159 Å². The van der Waals surface area contributed by atoms with Crippen LogP contribution >= 0.6 is 11.3 Å². The number of benzene rings is 1. The molecule has 2 aliphatic rings. The first-order valence-corrected chi connectivity index (χ1v) is 9.21. The number of hydrogen-bond acceptors (Lipinski definition) is 8. The molecule has 1 aromatic heterocycles. The maximum absolute atomic E-state index is 12.8. The molecule has 140 valence electrons. The van der Waals surface area contributed by atoms with Crippen molar-refractivity contribution in [1.29, 1.82) is 0 Å². The van der Waals surface area contributed by atoms with E-state index in [1.165, 1.54) is 10.4 Å². The van der Waals surface area contributed by atoms with E-state index in [0.717, 1.165) is 11.3 Å². The average Bonchev–Trinajstić information content (AvgIpc) is 3.35. The van der Waals surface area contributed by atoms with Crippen molar-refractivity contribution in [1.82, 2.24) is 10.2 Å². The number of carbonyl (C=O) groups excluding carboxylic acids is 2. The summed E-state index contributed by atoms with van der Waals surface area (Å²) in [7, 11) is 0. The molecular formula is C18H17N3O5S. The zero-order chi connectivity index (χ0) is 19.2. The van der Waals surface area contributed by atoms with Gasteiger partial charge in [-0.1, -0.05) is 41.7 Å². The van der Waals surface area contributed by atoms with Gasteiger partial charge in [-0.15, -0.1) is 10.2 Å². The highest BCUT2D eigenvalue weighted by Gasteiger charge is 2.54. The Morgan fingerprint density at radius 3 is 2.63 bits per heavy atom. The predicted octanol–water partition coefficient (Wildman–Crippen LogP) is 1.94. The van der Waals surface area contributed by atoms with Crippen LogP contribution in [0.25, 0.3) is 5.76 Å². The van der Waals surface area contributed by atoms with Crippen molar-refractivity contribution >= 4 is 33.9 Å². The Bertz CT molecular complexity index is 910. The van der Waals surface area contributed by atoms with E-state index in [4.69, 9.17) is 9.47 Å². The molecule has 2 aliphatic heterocycles. The molecule has 0 spiro atoms. The molecule has 1 aromatic carbocycles. The summed E-state index contributed by atoms with van der Waals surface area (Å²) in [5.74, 6) is -2.67. The van der Waals surface area contributed by atoms with Crippen molar-refractivity contribution in [2.45, 2.75) is 31.8 Å². The maximum atomic E-state index is 12.8. The number of aliphatic hydroxyl groups excluding tert-OH is 1. The number of hydrogen-bond donors (Lipinski definition) is 1. The molecule has 2 aromatic rings. The average molecular weight is 387 g/mol. The van der Waals surface area contributed by atoms with Crippen LogP contribution in [-0.4, -0.2) is 51.5 Å². The monoisotopic (exact) mass is 387 g/mol. The van der Waals surface area contributed by atoms with Crippen molar-refractivity contribution in [3.8, 4) is 0 Å². The molecule has 2 saturated heterocycles. The number of ether oxygens (including phenoxy) is 2. The van der Waals surface area contributed by atoms with Gasteiger partial charge < -0.3 is 14.6 Å². The summed E-state index contributed by atoms with van der Waals surface area (Å²) in [5.41, 5.74) is 1.89. The van der Waals surface area contributed by atoms with E-state index < -0.39 is 29.6 Å². The minimum atomic E-state index is -0.861. The number of Topliss-reactive ketones (excluding diaryl/α,β-unsaturated/α-hetero) is 1. The van der Waals surface area contributed by atoms with Gasteiger partial charge in [0.1, 0.15) is 23.4 Å². The van der Waals surface area contributed by atoms with Crippen LogP contribution in [0.4, 0.5) is 5.13 Å². The lowest BCUT2D eigenvalue weighted by atomic mass is 9.97. The number of carbonyl (C=O) groups is 2. The van der Waals surface area contributed by atoms with E-state index in [1.54, 1.807) is 44.2 Å². The van der Waals surface area contributed by atoms with Crippen molar-refractivity contribution in [2.24, 2.45) is 0 Å². The molecule has 3 heterocycles. The van der Waals surface area contributed by atoms with E-state index in [9.17, 15) is 14.7 Å². The molecule has 1 amide bonds. The molecule has 27 heavy (non-hydrogen) atoms. The predicted molar refractivity (Wildman–Crippen MR) is 97.1 cm³/mol. The summed E-state index contributed by atoms with van der Waals surface area (Å²) in [6.45, 7) is 3.67. The Morgan fingerprint density at radius 1 is 1.30 bits per heavy atom. The van der Waals surface area contributed by atoms with Gasteiger partial charge in [0.2, 0.25) is 5.13 Å². The standard InChI is InChI=1S/C18H17N3O5S/c1-18(2)25-8-11(26-18)13-12(14(22)10-6-4-3-5-7-10)15(23)16(24)21(13)17-20-19-9-27-17/h3-7,9,11,13,22H,8H2,1-2H3/b14-12+. The lowest BCUT2D eigenvalue weighted by molar-refractivity contribution is -0.140. The molecule has 2 atom stereocenters. The van der Waals surface area contributed by atoms with E-state index in [1.807, 2.05) is 0 Å². The fourth-order valence-corrected chi connectivity index (χ4v) is 3.91. The van der Waals surface area contributed by atoms with Crippen molar-refractivity contribution in [3.05, 3.63) is 47.0 Å². The Balaban J connectivity index is 1.86. The summed E-state index contributed by atoms with van der Waals surface area (Å²) >= 11 is 1.13. The van der Waals surface area contributed by atoms with Gasteiger partial charge in [-0.05, 0) is 13.8 Å². The Hall–Kier alpha value is -2.62. The molecule has 2 fully saturated rings. The van der Waals surface area contributed by atoms with E-state index in [0.29, 0.717) is 5.56 Å². The topological polar surface area (TPSA) is 102 Å². The molecule has 1 N–H and O–H groups in total. The third-order valence-corrected chi connectivity index (χ3v) is 5.16. The van der Waals surface area contributed by atoms with Gasteiger partial charge in [-0.2, -0.15) is 0 Å². The number of amides is 1. The highest BCUT2D eigenvalue weighted by molar-refractivity contribution is 7.13. The van der Waals surface area contributed by atoms with Gasteiger partial charge in [0.25, 0.3) is 5.78 Å². The molecule has 2 unspecified atom stereocenters. The van der Waals surface area contributed by atoms with Gasteiger partial charge in [0.15, 0.2) is 5.79 Å². The van der Waals surface area contributed by atoms with Crippen LogP contribution < -0.4 is 4.90 Å². The Morgan fingerprint density at radius 2 is 2.04 bits per heavy atom. The fourth-order valence-electron chi connectivity index (χ4n) is 3.31. The van der Waals surface area contributed by atoms with Crippen LogP contribution in [0.5, 0.6) is 0 Å². The van der Waals surface area contributed by atoms with Crippen molar-refractivity contribution in [3.63, 3.8) is 0 Å². The van der Waals surface area contributed by atoms with Crippen LogP contribution in [0.15, 0.2) is 41.4 Å². The summed E-state index contributed by atoms with van der Waals surface area (Å²) in [6, 6.07) is 7.75. The van der Waals surface area contributed by atoms with Crippen LogP contribution in [-0.2, 0) is 19.1 Å². The first kappa shape index (κ1) is 17.8. The summed E-state index contributed by atoms with van der Waals surface area (Å²) in [5, 5.41) is 18.8. The largest absolute Gasteiger partial charge is 0.507 e. The number of anilines is 1. The number of nitrogens with zero attached hydrogens (tertiary/aromatic N) is 3. The van der Waals surface area contributed by atoms with Gasteiger partial charge in [0, 0.05) is 5.56 Å². The van der Waals surface area contributed by atoms with Gasteiger partial charge in [-0.3, -0.25) is 14.5 Å². The van der Waals surface area contributed by atoms with Crippen molar-refractivity contribution < 1.29 is 24.2 Å². The quantitative estimate of drug-likeness (QED) is 0.488. The first-order chi connectivity index (χ1) is 12.9. The normalized spacial score (nSPS) is 26.7. The fraction of sp³-hybridized carbons (Fsp3) is 0.333. The van der Waals surface area contributed by atoms with Crippen LogP contribution in [0, 0.1) is 0 Å². The third-order valence-electron chi connectivity index (χ3n) is 4.47. The molecule has 0 radical (unpaired) electrons. The number of ketones is 1. The highest BCUT2D eigenvalue weighted by Crippen LogP contribution is 2.38. The van der Waals surface area contributed by atoms with E-state index in [-0.39, 0.29) is 23.1 Å². The molecule has 0 aliphatic carbocycles. The van der Waals surface area contributed by atoms with Crippen LogP contribution in [0.3, 0.4) is 0 Å². The van der Waals surface area contributed by atoms with Crippen LogP contribution in [0.2, 0.25) is 0 Å². The lowest BCUT2D eigenvalue weighted by Gasteiger charge is -2.27. The van der Waals surface area contributed by atoms with Gasteiger partial charge in [0.05, 0.1) is 12.2 Å². The lowest BCUT2D eigenvalue weighted by Crippen LogP contribution is -2.44. The van der Waals surface area contributed by atoms with Crippen LogP contribution in [0.1, 0.15) is 19.4 Å². The highest BCUT2D eigenvalue weighted by atomic mass is 32.1. The zero-order valence-electron chi connectivity index (χ0n) is 14.7. The summed E-state index contributed by atoms with van der Waals surface area (Å²) < 4.78 is 11.5. The summed E-state index contributed by atoms with van der Waals surface area (Å²) in [4.78, 5) is 26.8. The molecule has 0 saturated carbocycles. The van der Waals surface area contributed by atoms with Gasteiger partial charge >= 0.3 is 5.91 Å². The second-order valence-corrected chi connectivity index (χ2v) is 7.48. The van der Waals surface area contributed by atoms with Crippen molar-refractivity contribution in [2.75, 3.05) is 11.5 Å². The Kier molecular flexibility index (Phi) is 4.29. The SMILES string of the molecule is CC1(C)OCC(C2/C(=C(\O)c3ccccc3)C(=O)C(=O)N2c2nncs2)O1. The van der Waals surface area contributed by atoms with E-state index in [2.05, 4.69) is 10.2 Å². The zero-order valence-corrected chi connectivity index (χ0v) is 15.5. The molecule has 4 rings (SSSR count). The minimum Gasteiger partial charge on any atom is -0.507 e. The first-order valence-electron chi connectivity index (χ1n) is 8.33. The van der Waals surface area contributed by atoms with E-state index >= 15 is 0 Å². The second kappa shape index (κ2) is 6.52. The number of aromatic nitrogens is 2. The summed E-state index contributed by atoms with van der Waals surface area (Å²) in [6.07, 6.45) is -0.639. The minimum absolute atomic E-state index is 0.0206.